The third-order valence-corrected chi connectivity index (χ3v) is 4.28. The van der Waals surface area contributed by atoms with Crippen molar-refractivity contribution in [3.8, 4) is 12.3 Å². The molecule has 2 N–H and O–H groups in total. The zero-order chi connectivity index (χ0) is 16.8. The Kier molecular flexibility index (Phi) is 6.14. The average molecular weight is 317 g/mol. The van der Waals surface area contributed by atoms with Gasteiger partial charge >= 0.3 is 0 Å². The van der Waals surface area contributed by atoms with E-state index < -0.39 is 5.91 Å². The number of primary amides is 1. The lowest BCUT2D eigenvalue weighted by Gasteiger charge is -2.18. The normalized spacial score (nSPS) is 26.8. The molecule has 1 aliphatic heterocycles. The summed E-state index contributed by atoms with van der Waals surface area (Å²) in [5, 5.41) is 0. The Morgan fingerprint density at radius 1 is 1.57 bits per heavy atom. The van der Waals surface area contributed by atoms with Crippen LogP contribution in [-0.4, -0.2) is 24.7 Å². The van der Waals surface area contributed by atoms with Gasteiger partial charge in [-0.1, -0.05) is 13.8 Å². The van der Waals surface area contributed by atoms with E-state index in [1.165, 1.54) is 0 Å². The number of aromatic nitrogens is 1. The largest absolute Gasteiger partial charge is 0.368 e. The molecule has 5 nitrogen and oxygen atoms in total. The van der Waals surface area contributed by atoms with Crippen molar-refractivity contribution in [2.24, 2.45) is 11.7 Å². The average Bonchev–Trinajstić information content (AvgIpc) is 2.88. The Balaban J connectivity index is 2.17. The number of ether oxygens (including phenoxy) is 2. The molecule has 1 aliphatic rings. The van der Waals surface area contributed by atoms with E-state index in [0.29, 0.717) is 18.6 Å². The smallest absolute Gasteiger partial charge is 0.289 e. The molecule has 0 saturated carbocycles. The molecule has 23 heavy (non-hydrogen) atoms. The van der Waals surface area contributed by atoms with Gasteiger partial charge < -0.3 is 15.2 Å². The number of hydrogen-bond donors (Lipinski definition) is 1. The second-order valence-corrected chi connectivity index (χ2v) is 5.88. The standard InChI is InChI=1S/C18H24N2O3/c1-4-6-7-11-22-16-13(3)15(5-2)23-18(16)20-10-8-9-14(12-20)17(19)21/h1,8-10,12-13,15-16,18H,5-7,11H2,2-3H3,(H-,19,21)/p+1/t13-,15-,16-,18?/m1/s1. The molecule has 0 spiro atoms. The first-order valence-corrected chi connectivity index (χ1v) is 8.09. The van der Waals surface area contributed by atoms with Gasteiger partial charge in [0.15, 0.2) is 18.5 Å². The van der Waals surface area contributed by atoms with Gasteiger partial charge in [-0.15, -0.1) is 12.3 Å². The lowest BCUT2D eigenvalue weighted by molar-refractivity contribution is -0.766. The molecule has 2 rings (SSSR count). The summed E-state index contributed by atoms with van der Waals surface area (Å²) in [6.45, 7) is 4.84. The van der Waals surface area contributed by atoms with Crippen molar-refractivity contribution in [2.75, 3.05) is 6.61 Å². The fourth-order valence-corrected chi connectivity index (χ4v) is 2.98. The summed E-state index contributed by atoms with van der Waals surface area (Å²) in [4.78, 5) is 11.4. The van der Waals surface area contributed by atoms with Crippen LogP contribution in [0.1, 0.15) is 49.7 Å². The highest BCUT2D eigenvalue weighted by Gasteiger charge is 2.47. The number of terminal acetylenes is 1. The molecule has 1 aromatic heterocycles. The van der Waals surface area contributed by atoms with Gasteiger partial charge in [0.1, 0.15) is 5.56 Å². The van der Waals surface area contributed by atoms with E-state index in [0.717, 1.165) is 12.8 Å². The molecule has 124 valence electrons. The van der Waals surface area contributed by atoms with Gasteiger partial charge in [0.2, 0.25) is 0 Å². The predicted molar refractivity (Wildman–Crippen MR) is 86.3 cm³/mol. The Morgan fingerprint density at radius 2 is 2.35 bits per heavy atom. The van der Waals surface area contributed by atoms with E-state index in [2.05, 4.69) is 19.8 Å². The lowest BCUT2D eigenvalue weighted by Crippen LogP contribution is -2.46. The van der Waals surface area contributed by atoms with Crippen LogP contribution in [0.3, 0.4) is 0 Å². The zero-order valence-corrected chi connectivity index (χ0v) is 13.8. The van der Waals surface area contributed by atoms with Crippen LogP contribution in [-0.2, 0) is 9.47 Å². The molecule has 5 heteroatoms. The van der Waals surface area contributed by atoms with E-state index in [1.807, 2.05) is 10.8 Å². The van der Waals surface area contributed by atoms with Crippen molar-refractivity contribution < 1.29 is 18.8 Å². The minimum absolute atomic E-state index is 0.0779. The Labute approximate surface area is 137 Å². The first-order chi connectivity index (χ1) is 11.1. The van der Waals surface area contributed by atoms with Crippen LogP contribution < -0.4 is 10.3 Å². The minimum atomic E-state index is -0.455. The summed E-state index contributed by atoms with van der Waals surface area (Å²) < 4.78 is 14.1. The van der Waals surface area contributed by atoms with Crippen LogP contribution in [0, 0.1) is 18.3 Å². The van der Waals surface area contributed by atoms with Crippen molar-refractivity contribution in [1.82, 2.24) is 0 Å². The van der Waals surface area contributed by atoms with Crippen molar-refractivity contribution in [3.05, 3.63) is 30.1 Å². The second kappa shape index (κ2) is 8.09. The van der Waals surface area contributed by atoms with Gasteiger partial charge in [-0.05, 0) is 18.9 Å². The fourth-order valence-electron chi connectivity index (χ4n) is 2.98. The molecule has 4 atom stereocenters. The molecule has 1 saturated heterocycles. The van der Waals surface area contributed by atoms with E-state index >= 15 is 0 Å². The Hall–Kier alpha value is -1.90. The summed E-state index contributed by atoms with van der Waals surface area (Å²) in [5.41, 5.74) is 5.82. The number of amides is 1. The SMILES string of the molecule is C#CCCCO[C@H]1C([n+]2cccc(C(N)=O)c2)O[C@H](CC)[C@H]1C. The molecule has 1 aromatic rings. The molecule has 1 fully saturated rings. The van der Waals surface area contributed by atoms with Crippen LogP contribution in [0.2, 0.25) is 0 Å². The number of nitrogens with two attached hydrogens (primary N) is 1. The van der Waals surface area contributed by atoms with Crippen molar-refractivity contribution in [1.29, 1.82) is 0 Å². The molecular formula is C18H25N2O3+. The molecule has 1 amide bonds. The van der Waals surface area contributed by atoms with Gasteiger partial charge in [0.25, 0.3) is 12.1 Å². The summed E-state index contributed by atoms with van der Waals surface area (Å²) in [6.07, 6.45) is 11.1. The van der Waals surface area contributed by atoms with Gasteiger partial charge in [-0.2, -0.15) is 4.57 Å². The summed E-state index contributed by atoms with van der Waals surface area (Å²) in [7, 11) is 0. The third kappa shape index (κ3) is 4.10. The predicted octanol–water partition coefficient (Wildman–Crippen LogP) is 1.82. The van der Waals surface area contributed by atoms with Crippen LogP contribution in [0.25, 0.3) is 0 Å². The molecule has 0 aliphatic carbocycles. The molecule has 1 unspecified atom stereocenters. The second-order valence-electron chi connectivity index (χ2n) is 5.88. The monoisotopic (exact) mass is 317 g/mol. The summed E-state index contributed by atoms with van der Waals surface area (Å²) >= 11 is 0. The third-order valence-electron chi connectivity index (χ3n) is 4.28. The number of rotatable bonds is 7. The molecule has 0 aromatic carbocycles. The summed E-state index contributed by atoms with van der Waals surface area (Å²) in [6, 6.07) is 3.49. The number of nitrogens with zero attached hydrogens (tertiary/aromatic N) is 1. The van der Waals surface area contributed by atoms with Gasteiger partial charge in [-0.3, -0.25) is 4.79 Å². The molecular weight excluding hydrogens is 292 g/mol. The topological polar surface area (TPSA) is 65.4 Å². The zero-order valence-electron chi connectivity index (χ0n) is 13.8. The number of carbonyl (C=O) groups excluding carboxylic acids is 1. The van der Waals surface area contributed by atoms with E-state index in [4.69, 9.17) is 21.6 Å². The highest BCUT2D eigenvalue weighted by atomic mass is 16.6. The van der Waals surface area contributed by atoms with Crippen molar-refractivity contribution in [3.63, 3.8) is 0 Å². The number of carbonyl (C=O) groups is 1. The van der Waals surface area contributed by atoms with E-state index in [-0.39, 0.29) is 24.4 Å². The van der Waals surface area contributed by atoms with Crippen LogP contribution in [0.5, 0.6) is 0 Å². The maximum atomic E-state index is 11.4. The highest BCUT2D eigenvalue weighted by molar-refractivity contribution is 5.92. The highest BCUT2D eigenvalue weighted by Crippen LogP contribution is 2.34. The van der Waals surface area contributed by atoms with Crippen LogP contribution in [0.4, 0.5) is 0 Å². The van der Waals surface area contributed by atoms with E-state index in [1.54, 1.807) is 18.3 Å². The first kappa shape index (κ1) is 17.5. The van der Waals surface area contributed by atoms with Crippen molar-refractivity contribution >= 4 is 5.91 Å². The summed E-state index contributed by atoms with van der Waals surface area (Å²) in [5.74, 6) is 2.43. The fraction of sp³-hybridized carbons (Fsp3) is 0.556. The first-order valence-electron chi connectivity index (χ1n) is 8.09. The van der Waals surface area contributed by atoms with Crippen molar-refractivity contribution in [2.45, 2.75) is 51.5 Å². The van der Waals surface area contributed by atoms with E-state index in [9.17, 15) is 4.79 Å². The molecule has 0 bridgehead atoms. The number of unbranched alkanes of at least 4 members (excludes halogenated alkanes) is 1. The van der Waals surface area contributed by atoms with Gasteiger partial charge in [0.05, 0.1) is 6.10 Å². The Bertz CT molecular complexity index is 582. The molecule has 0 radical (unpaired) electrons. The maximum Gasteiger partial charge on any atom is 0.289 e. The molecule has 2 heterocycles. The van der Waals surface area contributed by atoms with Gasteiger partial charge in [0, 0.05) is 25.0 Å². The number of pyridine rings is 1. The van der Waals surface area contributed by atoms with Crippen LogP contribution >= 0.6 is 0 Å². The Morgan fingerprint density at radius 3 is 3.00 bits per heavy atom. The van der Waals surface area contributed by atoms with Crippen LogP contribution in [0.15, 0.2) is 24.5 Å². The van der Waals surface area contributed by atoms with Gasteiger partial charge in [-0.25, -0.2) is 0 Å². The lowest BCUT2D eigenvalue weighted by atomic mass is 9.98. The maximum absolute atomic E-state index is 11.4. The number of hydrogen-bond acceptors (Lipinski definition) is 3. The minimum Gasteiger partial charge on any atom is -0.368 e. The quantitative estimate of drug-likeness (QED) is 0.474.